The van der Waals surface area contributed by atoms with Gasteiger partial charge in [0.2, 0.25) is 5.91 Å². The number of rotatable bonds is 3. The number of anilines is 1. The molecular weight excluding hydrogens is 206 g/mol. The van der Waals surface area contributed by atoms with Crippen LogP contribution in [0.3, 0.4) is 0 Å². The van der Waals surface area contributed by atoms with Crippen LogP contribution in [0.4, 0.5) is 5.69 Å². The predicted octanol–water partition coefficient (Wildman–Crippen LogP) is 0.332. The molecule has 1 atom stereocenters. The Hall–Kier alpha value is -1.88. The highest BCUT2D eigenvalue weighted by molar-refractivity contribution is 5.96. The maximum Gasteiger partial charge on any atom is 0.251 e. The lowest BCUT2D eigenvalue weighted by Gasteiger charge is -2.08. The van der Waals surface area contributed by atoms with Gasteiger partial charge < -0.3 is 16.4 Å². The average Bonchev–Trinajstić information content (AvgIpc) is 2.28. The molecule has 0 aliphatic rings. The number of hydrogen-bond acceptors (Lipinski definition) is 3. The van der Waals surface area contributed by atoms with Gasteiger partial charge in [0.05, 0.1) is 6.04 Å². The summed E-state index contributed by atoms with van der Waals surface area (Å²) in [6.07, 6.45) is 0. The van der Waals surface area contributed by atoms with Gasteiger partial charge in [-0.15, -0.1) is 0 Å². The van der Waals surface area contributed by atoms with Gasteiger partial charge in [0.25, 0.3) is 5.91 Å². The summed E-state index contributed by atoms with van der Waals surface area (Å²) < 4.78 is 0. The molecule has 5 heteroatoms. The van der Waals surface area contributed by atoms with Crippen LogP contribution in [-0.4, -0.2) is 24.9 Å². The van der Waals surface area contributed by atoms with E-state index in [1.807, 2.05) is 0 Å². The van der Waals surface area contributed by atoms with Crippen molar-refractivity contribution >= 4 is 17.5 Å². The summed E-state index contributed by atoms with van der Waals surface area (Å²) in [5, 5.41) is 5.14. The third kappa shape index (κ3) is 3.06. The lowest BCUT2D eigenvalue weighted by Crippen LogP contribution is -2.32. The summed E-state index contributed by atoms with van der Waals surface area (Å²) in [7, 11) is 1.56. The van der Waals surface area contributed by atoms with Crippen molar-refractivity contribution in [3.8, 4) is 0 Å². The van der Waals surface area contributed by atoms with Gasteiger partial charge in [-0.3, -0.25) is 9.59 Å². The van der Waals surface area contributed by atoms with Gasteiger partial charge in [-0.05, 0) is 31.2 Å². The fourth-order valence-electron chi connectivity index (χ4n) is 1.11. The van der Waals surface area contributed by atoms with Gasteiger partial charge in [-0.1, -0.05) is 0 Å². The number of benzene rings is 1. The molecule has 2 amide bonds. The van der Waals surface area contributed by atoms with Crippen molar-refractivity contribution in [1.82, 2.24) is 5.32 Å². The summed E-state index contributed by atoms with van der Waals surface area (Å²) in [5.41, 5.74) is 6.57. The monoisotopic (exact) mass is 221 g/mol. The van der Waals surface area contributed by atoms with Gasteiger partial charge in [-0.2, -0.15) is 0 Å². The van der Waals surface area contributed by atoms with Crippen molar-refractivity contribution < 1.29 is 9.59 Å². The van der Waals surface area contributed by atoms with Crippen LogP contribution in [0.2, 0.25) is 0 Å². The molecule has 5 nitrogen and oxygen atoms in total. The van der Waals surface area contributed by atoms with Crippen LogP contribution in [0.5, 0.6) is 0 Å². The molecule has 1 rings (SSSR count). The van der Waals surface area contributed by atoms with Gasteiger partial charge in [0.15, 0.2) is 0 Å². The molecule has 1 aromatic carbocycles. The molecule has 0 saturated heterocycles. The first-order valence-electron chi connectivity index (χ1n) is 4.93. The molecule has 4 N–H and O–H groups in total. The first-order valence-corrected chi connectivity index (χ1v) is 4.93. The van der Waals surface area contributed by atoms with Crippen LogP contribution in [0.15, 0.2) is 24.3 Å². The van der Waals surface area contributed by atoms with E-state index in [2.05, 4.69) is 10.6 Å². The number of carbonyl (C=O) groups is 2. The molecule has 0 bridgehead atoms. The second-order valence-electron chi connectivity index (χ2n) is 3.43. The largest absolute Gasteiger partial charge is 0.355 e. The van der Waals surface area contributed by atoms with Crippen molar-refractivity contribution in [2.75, 3.05) is 12.4 Å². The highest BCUT2D eigenvalue weighted by Gasteiger charge is 2.08. The summed E-state index contributed by atoms with van der Waals surface area (Å²) in [5.74, 6) is -0.419. The third-order valence-electron chi connectivity index (χ3n) is 2.06. The summed E-state index contributed by atoms with van der Waals surface area (Å²) in [4.78, 5) is 22.5. The van der Waals surface area contributed by atoms with Gasteiger partial charge in [-0.25, -0.2) is 0 Å². The molecule has 0 heterocycles. The fourth-order valence-corrected chi connectivity index (χ4v) is 1.11. The molecule has 0 aliphatic carbocycles. The number of hydrogen-bond donors (Lipinski definition) is 3. The van der Waals surface area contributed by atoms with Crippen LogP contribution in [0.25, 0.3) is 0 Å². The topological polar surface area (TPSA) is 84.2 Å². The highest BCUT2D eigenvalue weighted by atomic mass is 16.2. The quantitative estimate of drug-likeness (QED) is 0.687. The Morgan fingerprint density at radius 3 is 2.25 bits per heavy atom. The van der Waals surface area contributed by atoms with Crippen molar-refractivity contribution in [2.45, 2.75) is 13.0 Å². The molecule has 0 saturated carbocycles. The summed E-state index contributed by atoms with van der Waals surface area (Å²) >= 11 is 0. The van der Waals surface area contributed by atoms with E-state index in [9.17, 15) is 9.59 Å². The number of nitrogens with one attached hydrogen (secondary N) is 2. The second-order valence-corrected chi connectivity index (χ2v) is 3.43. The lowest BCUT2D eigenvalue weighted by atomic mass is 10.2. The molecule has 0 spiro atoms. The van der Waals surface area contributed by atoms with Crippen LogP contribution < -0.4 is 16.4 Å². The fraction of sp³-hybridized carbons (Fsp3) is 0.273. The zero-order chi connectivity index (χ0) is 12.1. The van der Waals surface area contributed by atoms with Crippen LogP contribution >= 0.6 is 0 Å². The highest BCUT2D eigenvalue weighted by Crippen LogP contribution is 2.09. The van der Waals surface area contributed by atoms with E-state index in [-0.39, 0.29) is 11.8 Å². The Kier molecular flexibility index (Phi) is 4.02. The SMILES string of the molecule is CNC(=O)c1ccc(NC(=O)[C@H](C)N)cc1. The van der Waals surface area contributed by atoms with E-state index in [0.29, 0.717) is 11.3 Å². The Bertz CT molecular complexity index is 385. The zero-order valence-electron chi connectivity index (χ0n) is 9.28. The smallest absolute Gasteiger partial charge is 0.251 e. The Balaban J connectivity index is 2.72. The van der Waals surface area contributed by atoms with Crippen molar-refractivity contribution in [3.63, 3.8) is 0 Å². The Morgan fingerprint density at radius 1 is 1.25 bits per heavy atom. The molecule has 0 unspecified atom stereocenters. The average molecular weight is 221 g/mol. The van der Waals surface area contributed by atoms with Crippen LogP contribution in [-0.2, 0) is 4.79 Å². The standard InChI is InChI=1S/C11H15N3O2/c1-7(12)10(15)14-9-5-3-8(4-6-9)11(16)13-2/h3-7H,12H2,1-2H3,(H,13,16)(H,14,15)/t7-/m0/s1. The first-order chi connectivity index (χ1) is 7.54. The minimum Gasteiger partial charge on any atom is -0.355 e. The van der Waals surface area contributed by atoms with E-state index < -0.39 is 6.04 Å². The third-order valence-corrected chi connectivity index (χ3v) is 2.06. The molecule has 16 heavy (non-hydrogen) atoms. The molecular formula is C11H15N3O2. The number of amides is 2. The van der Waals surface area contributed by atoms with Crippen molar-refractivity contribution in [1.29, 1.82) is 0 Å². The van der Waals surface area contributed by atoms with Crippen LogP contribution in [0.1, 0.15) is 17.3 Å². The van der Waals surface area contributed by atoms with Gasteiger partial charge in [0, 0.05) is 18.3 Å². The van der Waals surface area contributed by atoms with E-state index in [1.165, 1.54) is 0 Å². The van der Waals surface area contributed by atoms with Gasteiger partial charge >= 0.3 is 0 Å². The molecule has 0 radical (unpaired) electrons. The normalized spacial score (nSPS) is 11.7. The lowest BCUT2D eigenvalue weighted by molar-refractivity contribution is -0.117. The second kappa shape index (κ2) is 5.27. The number of carbonyl (C=O) groups excluding carboxylic acids is 2. The molecule has 0 fully saturated rings. The zero-order valence-corrected chi connectivity index (χ0v) is 9.28. The maximum atomic E-state index is 11.3. The van der Waals surface area contributed by atoms with E-state index in [0.717, 1.165) is 0 Å². The Morgan fingerprint density at radius 2 is 1.81 bits per heavy atom. The first kappa shape index (κ1) is 12.2. The van der Waals surface area contributed by atoms with E-state index >= 15 is 0 Å². The Labute approximate surface area is 94.0 Å². The minimum atomic E-state index is -0.557. The van der Waals surface area contributed by atoms with E-state index in [1.54, 1.807) is 38.2 Å². The molecule has 0 aliphatic heterocycles. The predicted molar refractivity (Wildman–Crippen MR) is 62.1 cm³/mol. The van der Waals surface area contributed by atoms with Gasteiger partial charge in [0.1, 0.15) is 0 Å². The summed E-state index contributed by atoms with van der Waals surface area (Å²) in [6, 6.07) is 6.03. The van der Waals surface area contributed by atoms with Crippen LogP contribution in [0, 0.1) is 0 Å². The molecule has 86 valence electrons. The summed E-state index contributed by atoms with van der Waals surface area (Å²) in [6.45, 7) is 1.61. The number of nitrogens with two attached hydrogens (primary N) is 1. The van der Waals surface area contributed by atoms with Crippen molar-refractivity contribution in [3.05, 3.63) is 29.8 Å². The van der Waals surface area contributed by atoms with Crippen molar-refractivity contribution in [2.24, 2.45) is 5.73 Å². The minimum absolute atomic E-state index is 0.162. The maximum absolute atomic E-state index is 11.3. The van der Waals surface area contributed by atoms with E-state index in [4.69, 9.17) is 5.73 Å². The molecule has 1 aromatic rings. The molecule has 0 aromatic heterocycles.